The number of quaternary nitrogens is 1. The first kappa shape index (κ1) is 18.3. The first-order valence-corrected chi connectivity index (χ1v) is 8.11. The van der Waals surface area contributed by atoms with Gasteiger partial charge >= 0.3 is 5.97 Å². The van der Waals surface area contributed by atoms with Crippen LogP contribution in [0.15, 0.2) is 12.1 Å². The second-order valence-electron chi connectivity index (χ2n) is 6.38. The summed E-state index contributed by atoms with van der Waals surface area (Å²) in [7, 11) is 3.61. The Hall–Kier alpha value is -2.04. The Morgan fingerprint density at radius 1 is 1.42 bits per heavy atom. The molecule has 1 aliphatic rings. The van der Waals surface area contributed by atoms with Crippen LogP contribution in [0.4, 0.5) is 5.69 Å². The molecule has 0 bridgehead atoms. The molecule has 0 radical (unpaired) electrons. The van der Waals surface area contributed by atoms with Gasteiger partial charge in [-0.25, -0.2) is 4.79 Å². The Labute approximate surface area is 147 Å². The number of amides is 1. The Bertz CT molecular complexity index is 728. The van der Waals surface area contributed by atoms with Crippen molar-refractivity contribution in [3.8, 4) is 6.07 Å². The summed E-state index contributed by atoms with van der Waals surface area (Å²) in [4.78, 5) is 25.0. The van der Waals surface area contributed by atoms with E-state index in [4.69, 9.17) is 22.8 Å². The molecule has 1 saturated carbocycles. The lowest BCUT2D eigenvalue weighted by molar-refractivity contribution is -0.780. The smallest absolute Gasteiger partial charge is 0.340 e. The number of nitrogens with zero attached hydrogens (tertiary/aromatic N) is 2. The number of carbonyl (C=O) groups is 2. The van der Waals surface area contributed by atoms with Gasteiger partial charge in [-0.2, -0.15) is 5.26 Å². The molecule has 1 N–H and O–H groups in total. The van der Waals surface area contributed by atoms with Crippen LogP contribution < -0.4 is 5.32 Å². The molecule has 128 valence electrons. The lowest BCUT2D eigenvalue weighted by Crippen LogP contribution is -2.53. The van der Waals surface area contributed by atoms with E-state index in [0.717, 1.165) is 0 Å². The third-order valence-corrected chi connectivity index (χ3v) is 4.73. The molecule has 6 nitrogen and oxygen atoms in total. The summed E-state index contributed by atoms with van der Waals surface area (Å²) in [5.41, 5.74) is 0.895. The molecular weight excluding hydrogens is 326 g/mol. The molecule has 1 amide bonds. The second kappa shape index (κ2) is 6.46. The summed E-state index contributed by atoms with van der Waals surface area (Å²) in [6, 6.07) is 5.08. The van der Waals surface area contributed by atoms with Crippen LogP contribution in [0.25, 0.3) is 0 Å². The van der Waals surface area contributed by atoms with E-state index in [1.54, 1.807) is 34.0 Å². The monoisotopic (exact) mass is 347 g/mol. The number of ether oxygens (including phenoxy) is 1. The van der Waals surface area contributed by atoms with Gasteiger partial charge in [-0.15, -0.1) is 0 Å². The quantitative estimate of drug-likeness (QED) is 0.501. The number of nitrogens with one attached hydrogen (secondary N) is 1. The number of rotatable bonds is 5. The van der Waals surface area contributed by atoms with E-state index < -0.39 is 11.5 Å². The summed E-state index contributed by atoms with van der Waals surface area (Å²) >= 11 is 5.42. The zero-order valence-corrected chi connectivity index (χ0v) is 15.1. The van der Waals surface area contributed by atoms with Gasteiger partial charge < -0.3 is 26.8 Å². The van der Waals surface area contributed by atoms with Crippen molar-refractivity contribution in [1.82, 2.24) is 0 Å². The van der Waals surface area contributed by atoms with Crippen molar-refractivity contribution >= 4 is 30.4 Å². The first-order valence-electron chi connectivity index (χ1n) is 7.74. The van der Waals surface area contributed by atoms with Crippen molar-refractivity contribution in [2.75, 3.05) is 26.0 Å². The predicted octanol–water partition coefficient (Wildman–Crippen LogP) is 2.05. The molecule has 0 aliphatic heterocycles. The number of carbonyl (C=O) groups excluding carboxylic acids is 2. The third kappa shape index (κ3) is 3.25. The molecule has 24 heavy (non-hydrogen) atoms. The van der Waals surface area contributed by atoms with Gasteiger partial charge in [0.2, 0.25) is 0 Å². The van der Waals surface area contributed by atoms with Crippen LogP contribution in [0, 0.1) is 18.3 Å². The van der Waals surface area contributed by atoms with Crippen LogP contribution in [0.2, 0.25) is 0 Å². The van der Waals surface area contributed by atoms with E-state index in [-0.39, 0.29) is 22.0 Å². The highest BCUT2D eigenvalue weighted by molar-refractivity contribution is 7.52. The molecule has 0 aromatic heterocycles. The minimum atomic E-state index is -0.651. The van der Waals surface area contributed by atoms with Gasteiger partial charge in [-0.05, 0) is 31.5 Å². The SMILES string of the molecule is CCOC(=O)c1cc(C#N)cc(C)c1NC(=O)C1([N+](C)(C)[S-])CC1. The minimum Gasteiger partial charge on any atom is -0.494 e. The number of anilines is 1. The highest BCUT2D eigenvalue weighted by Gasteiger charge is 2.58. The average Bonchev–Trinajstić information content (AvgIpc) is 3.30. The number of likely N-dealkylation sites (N-methyl/N-ethyl adjacent to an activating group) is 1. The maximum Gasteiger partial charge on any atom is 0.340 e. The molecule has 7 heteroatoms. The molecule has 0 atom stereocenters. The Morgan fingerprint density at radius 3 is 2.50 bits per heavy atom. The van der Waals surface area contributed by atoms with Crippen molar-refractivity contribution in [2.45, 2.75) is 32.2 Å². The fourth-order valence-electron chi connectivity index (χ4n) is 2.75. The van der Waals surface area contributed by atoms with E-state index in [0.29, 0.717) is 29.7 Å². The van der Waals surface area contributed by atoms with Gasteiger partial charge in [0.15, 0.2) is 5.54 Å². The number of esters is 1. The average molecular weight is 347 g/mol. The van der Waals surface area contributed by atoms with Crippen LogP contribution in [-0.4, -0.2) is 42.0 Å². The van der Waals surface area contributed by atoms with Gasteiger partial charge in [0.05, 0.1) is 43.6 Å². The van der Waals surface area contributed by atoms with Gasteiger partial charge in [-0.1, -0.05) is 0 Å². The van der Waals surface area contributed by atoms with Crippen molar-refractivity contribution in [3.05, 3.63) is 28.8 Å². The number of hydrogen-bond donors (Lipinski definition) is 1. The third-order valence-electron chi connectivity index (χ3n) is 4.38. The van der Waals surface area contributed by atoms with Crippen molar-refractivity contribution in [3.63, 3.8) is 0 Å². The molecular formula is C17H21N3O3S. The van der Waals surface area contributed by atoms with E-state index >= 15 is 0 Å². The summed E-state index contributed by atoms with van der Waals surface area (Å²) in [6.07, 6.45) is 1.42. The first-order chi connectivity index (χ1) is 11.2. The molecule has 0 spiro atoms. The van der Waals surface area contributed by atoms with E-state index in [1.165, 1.54) is 6.07 Å². The van der Waals surface area contributed by atoms with Crippen LogP contribution >= 0.6 is 0 Å². The Kier molecular flexibility index (Phi) is 4.92. The predicted molar refractivity (Wildman–Crippen MR) is 91.9 cm³/mol. The largest absolute Gasteiger partial charge is 0.494 e. The molecule has 1 fully saturated rings. The molecule has 1 aromatic carbocycles. The maximum atomic E-state index is 12.8. The number of benzene rings is 1. The molecule has 1 aliphatic carbocycles. The molecule has 0 saturated heterocycles. The zero-order valence-electron chi connectivity index (χ0n) is 14.3. The van der Waals surface area contributed by atoms with Crippen LogP contribution in [0.1, 0.15) is 41.3 Å². The fraction of sp³-hybridized carbons (Fsp3) is 0.471. The maximum absolute atomic E-state index is 12.8. The summed E-state index contributed by atoms with van der Waals surface area (Å²) in [6.45, 7) is 3.65. The van der Waals surface area contributed by atoms with E-state index in [2.05, 4.69) is 5.32 Å². The van der Waals surface area contributed by atoms with Gasteiger partial charge in [0, 0.05) is 12.8 Å². The summed E-state index contributed by atoms with van der Waals surface area (Å²) in [5, 5.41) is 12.0. The Morgan fingerprint density at radius 2 is 2.04 bits per heavy atom. The summed E-state index contributed by atoms with van der Waals surface area (Å²) in [5.74, 6) is -0.772. The van der Waals surface area contributed by atoms with Crippen LogP contribution in [0.3, 0.4) is 0 Å². The lowest BCUT2D eigenvalue weighted by atomic mass is 10.0. The normalized spacial score (nSPS) is 15.3. The van der Waals surface area contributed by atoms with Crippen molar-refractivity contribution in [1.29, 1.82) is 5.26 Å². The van der Waals surface area contributed by atoms with Gasteiger partial charge in [0.1, 0.15) is 0 Å². The number of aryl methyl sites for hydroxylation is 1. The second-order valence-corrected chi connectivity index (χ2v) is 7.30. The van der Waals surface area contributed by atoms with Gasteiger partial charge in [0.25, 0.3) is 5.91 Å². The lowest BCUT2D eigenvalue weighted by Gasteiger charge is -2.43. The topological polar surface area (TPSA) is 79.2 Å². The number of nitriles is 1. The number of hydrogen-bond acceptors (Lipinski definition) is 5. The van der Waals surface area contributed by atoms with Crippen LogP contribution in [-0.2, 0) is 22.3 Å². The standard InChI is InChI=1S/C17H21N3O3S/c1-5-23-15(21)13-9-12(10-18)8-11(2)14(13)19-16(22)17(6-7-17)20(3,4)24/h8-9H,5-7H2,1-4H3,(H,19,22). The van der Waals surface area contributed by atoms with E-state index in [9.17, 15) is 9.59 Å². The highest BCUT2D eigenvalue weighted by atomic mass is 32.1. The molecule has 2 rings (SSSR count). The zero-order chi connectivity index (χ0) is 18.1. The van der Waals surface area contributed by atoms with Crippen LogP contribution in [0.5, 0.6) is 0 Å². The molecule has 0 heterocycles. The van der Waals surface area contributed by atoms with Crippen molar-refractivity contribution in [2.24, 2.45) is 0 Å². The fourth-order valence-corrected chi connectivity index (χ4v) is 3.01. The van der Waals surface area contributed by atoms with Crippen molar-refractivity contribution < 1.29 is 18.2 Å². The molecule has 1 aromatic rings. The summed E-state index contributed by atoms with van der Waals surface area (Å²) < 4.78 is 5.16. The van der Waals surface area contributed by atoms with E-state index in [1.807, 2.05) is 6.07 Å². The van der Waals surface area contributed by atoms with Gasteiger partial charge in [-0.3, -0.25) is 4.79 Å². The highest BCUT2D eigenvalue weighted by Crippen LogP contribution is 2.45. The Balaban J connectivity index is 2.41. The molecule has 0 unspecified atom stereocenters. The minimum absolute atomic E-state index is 0.114.